The quantitative estimate of drug-likeness (QED) is 0.0264. The molecule has 10 heteroatoms. The molecule has 1 rings (SSSR count). The van der Waals surface area contributed by atoms with Crippen LogP contribution < -0.4 is 0 Å². The molecule has 0 aromatic carbocycles. The van der Waals surface area contributed by atoms with Crippen LogP contribution in [0.15, 0.2) is 12.2 Å². The van der Waals surface area contributed by atoms with Crippen LogP contribution in [0.4, 0.5) is 0 Å². The van der Waals surface area contributed by atoms with Gasteiger partial charge in [-0.1, -0.05) is 206 Å². The van der Waals surface area contributed by atoms with Gasteiger partial charge in [-0.3, -0.25) is 9.59 Å². The highest BCUT2D eigenvalue weighted by Crippen LogP contribution is 2.23. The number of rotatable bonds is 44. The van der Waals surface area contributed by atoms with Crippen LogP contribution in [-0.2, 0) is 28.5 Å². The van der Waals surface area contributed by atoms with E-state index in [4.69, 9.17) is 18.9 Å². The highest BCUT2D eigenvalue weighted by Gasteiger charge is 2.44. The van der Waals surface area contributed by atoms with E-state index >= 15 is 0 Å². The molecule has 1 fully saturated rings. The van der Waals surface area contributed by atoms with Crippen LogP contribution >= 0.6 is 0 Å². The SMILES string of the molecule is CCCCCCCCCCC/C=C/CCCCC(=O)O[C@@H](COC(=O)CCCCCCCCCCCCCCCCCCCCCCC)CO[C@H]1O[C@@H](CO)[C@@H](O)C(O)C1O. The fourth-order valence-corrected chi connectivity index (χ4v) is 8.07. The van der Waals surface area contributed by atoms with Crippen molar-refractivity contribution in [3.05, 3.63) is 12.2 Å². The van der Waals surface area contributed by atoms with Crippen molar-refractivity contribution in [3.63, 3.8) is 0 Å². The maximum absolute atomic E-state index is 12.8. The fraction of sp³-hybridized carbons (Fsp3) is 0.922. The number of carbonyl (C=O) groups is 2. The average molecular weight is 869 g/mol. The molecule has 10 nitrogen and oxygen atoms in total. The molecular formula is C51H96O10. The Kier molecular flexibility index (Phi) is 39.9. The molecule has 0 bridgehead atoms. The Morgan fingerprint density at radius 1 is 0.492 bits per heavy atom. The molecule has 2 unspecified atom stereocenters. The van der Waals surface area contributed by atoms with E-state index in [1.165, 1.54) is 173 Å². The molecule has 0 radical (unpaired) electrons. The zero-order valence-electron chi connectivity index (χ0n) is 39.4. The Hall–Kier alpha value is -1.56. The predicted molar refractivity (Wildman–Crippen MR) is 247 cm³/mol. The minimum absolute atomic E-state index is 0.204. The van der Waals surface area contributed by atoms with Crippen molar-refractivity contribution in [2.75, 3.05) is 19.8 Å². The monoisotopic (exact) mass is 869 g/mol. The first kappa shape index (κ1) is 57.5. The summed E-state index contributed by atoms with van der Waals surface area (Å²) in [5.41, 5.74) is 0. The first-order valence-electron chi connectivity index (χ1n) is 25.8. The van der Waals surface area contributed by atoms with Crippen molar-refractivity contribution in [1.82, 2.24) is 0 Å². The number of aliphatic hydroxyl groups excluding tert-OH is 4. The van der Waals surface area contributed by atoms with E-state index in [2.05, 4.69) is 26.0 Å². The van der Waals surface area contributed by atoms with Gasteiger partial charge in [-0.05, 0) is 38.5 Å². The van der Waals surface area contributed by atoms with Crippen LogP contribution in [0.5, 0.6) is 0 Å². The van der Waals surface area contributed by atoms with E-state index in [9.17, 15) is 30.0 Å². The number of unbranched alkanes of at least 4 members (excludes halogenated alkanes) is 31. The lowest BCUT2D eigenvalue weighted by Gasteiger charge is -2.39. The summed E-state index contributed by atoms with van der Waals surface area (Å²) in [6.07, 6.45) is 39.4. The van der Waals surface area contributed by atoms with Gasteiger partial charge in [-0.15, -0.1) is 0 Å². The first-order chi connectivity index (χ1) is 29.8. The van der Waals surface area contributed by atoms with E-state index in [0.29, 0.717) is 6.42 Å². The van der Waals surface area contributed by atoms with Crippen molar-refractivity contribution in [1.29, 1.82) is 0 Å². The van der Waals surface area contributed by atoms with Gasteiger partial charge in [-0.2, -0.15) is 0 Å². The lowest BCUT2D eigenvalue weighted by molar-refractivity contribution is -0.305. The summed E-state index contributed by atoms with van der Waals surface area (Å²) >= 11 is 0. The topological polar surface area (TPSA) is 152 Å². The van der Waals surface area contributed by atoms with Gasteiger partial charge in [0.05, 0.1) is 13.2 Å². The lowest BCUT2D eigenvalue weighted by atomic mass is 9.99. The third-order valence-corrected chi connectivity index (χ3v) is 12.2. The summed E-state index contributed by atoms with van der Waals surface area (Å²) in [5.74, 6) is -0.817. The normalized spacial score (nSPS) is 19.7. The third kappa shape index (κ3) is 33.6. The summed E-state index contributed by atoms with van der Waals surface area (Å²) in [4.78, 5) is 25.4. The van der Waals surface area contributed by atoms with Crippen molar-refractivity contribution in [3.8, 4) is 0 Å². The second kappa shape index (κ2) is 42.4. The number of esters is 2. The minimum atomic E-state index is -1.59. The zero-order valence-corrected chi connectivity index (χ0v) is 39.4. The number of allylic oxidation sites excluding steroid dienone is 2. The Morgan fingerprint density at radius 2 is 0.869 bits per heavy atom. The first-order valence-corrected chi connectivity index (χ1v) is 25.8. The molecule has 0 aliphatic carbocycles. The molecule has 0 saturated carbocycles. The lowest BCUT2D eigenvalue weighted by Crippen LogP contribution is -2.59. The summed E-state index contributed by atoms with van der Waals surface area (Å²) < 4.78 is 22.2. The van der Waals surface area contributed by atoms with Gasteiger partial charge in [0, 0.05) is 12.8 Å². The van der Waals surface area contributed by atoms with Crippen molar-refractivity contribution < 1.29 is 49.0 Å². The minimum Gasteiger partial charge on any atom is -0.462 e. The molecule has 1 heterocycles. The molecule has 360 valence electrons. The number of hydrogen-bond acceptors (Lipinski definition) is 10. The van der Waals surface area contributed by atoms with Crippen LogP contribution in [0.1, 0.15) is 245 Å². The maximum atomic E-state index is 12.8. The highest BCUT2D eigenvalue weighted by molar-refractivity contribution is 5.70. The number of carbonyl (C=O) groups excluding carboxylic acids is 2. The van der Waals surface area contributed by atoms with Gasteiger partial charge >= 0.3 is 11.9 Å². The van der Waals surface area contributed by atoms with Crippen LogP contribution in [0.3, 0.4) is 0 Å². The van der Waals surface area contributed by atoms with E-state index in [-0.39, 0.29) is 32.0 Å². The smallest absolute Gasteiger partial charge is 0.306 e. The van der Waals surface area contributed by atoms with Gasteiger partial charge in [0.1, 0.15) is 31.0 Å². The average Bonchev–Trinajstić information content (AvgIpc) is 3.26. The third-order valence-electron chi connectivity index (χ3n) is 12.2. The molecule has 0 spiro atoms. The van der Waals surface area contributed by atoms with Crippen LogP contribution in [0.25, 0.3) is 0 Å². The zero-order chi connectivity index (χ0) is 44.4. The fourth-order valence-electron chi connectivity index (χ4n) is 8.07. The molecule has 0 aromatic rings. The highest BCUT2D eigenvalue weighted by atomic mass is 16.7. The van der Waals surface area contributed by atoms with Crippen LogP contribution in [-0.4, -0.2) is 89.0 Å². The van der Waals surface area contributed by atoms with Gasteiger partial charge in [0.25, 0.3) is 0 Å². The van der Waals surface area contributed by atoms with Gasteiger partial charge < -0.3 is 39.4 Å². The summed E-state index contributed by atoms with van der Waals surface area (Å²) in [6, 6.07) is 0. The van der Waals surface area contributed by atoms with Crippen LogP contribution in [0, 0.1) is 0 Å². The molecule has 4 N–H and O–H groups in total. The molecule has 6 atom stereocenters. The molecular weight excluding hydrogens is 773 g/mol. The largest absolute Gasteiger partial charge is 0.462 e. The standard InChI is InChI=1S/C51H96O10/c1-3-5-7-9-11-13-15-17-19-20-21-22-23-24-26-27-29-31-33-35-37-39-46(53)58-42-44(43-59-51-50(57)49(56)48(55)45(41-52)61-51)60-47(54)40-38-36-34-32-30-28-25-18-16-14-12-10-8-6-4-2/h30,32,44-45,48-52,55-57H,3-29,31,33-43H2,1-2H3/b32-30+/t44-,45-,48+,49?,50?,51-/m0/s1. The summed E-state index contributed by atoms with van der Waals surface area (Å²) in [5, 5.41) is 40.2. The molecule has 1 aliphatic rings. The number of aliphatic hydroxyl groups is 4. The van der Waals surface area contributed by atoms with Gasteiger partial charge in [-0.25, -0.2) is 0 Å². The van der Waals surface area contributed by atoms with Crippen LogP contribution in [0.2, 0.25) is 0 Å². The molecule has 0 amide bonds. The maximum Gasteiger partial charge on any atom is 0.306 e. The molecule has 61 heavy (non-hydrogen) atoms. The van der Waals surface area contributed by atoms with E-state index in [0.717, 1.165) is 38.5 Å². The summed E-state index contributed by atoms with van der Waals surface area (Å²) in [7, 11) is 0. The number of ether oxygens (including phenoxy) is 4. The Morgan fingerprint density at radius 3 is 1.31 bits per heavy atom. The van der Waals surface area contributed by atoms with E-state index in [1.54, 1.807) is 0 Å². The van der Waals surface area contributed by atoms with E-state index in [1.807, 2.05) is 0 Å². The second-order valence-corrected chi connectivity index (χ2v) is 18.0. The van der Waals surface area contributed by atoms with E-state index < -0.39 is 49.4 Å². The van der Waals surface area contributed by atoms with Gasteiger partial charge in [0.15, 0.2) is 12.4 Å². The second-order valence-electron chi connectivity index (χ2n) is 18.0. The Labute approximate surface area is 373 Å². The van der Waals surface area contributed by atoms with Crippen molar-refractivity contribution in [2.24, 2.45) is 0 Å². The number of hydrogen-bond donors (Lipinski definition) is 4. The predicted octanol–water partition coefficient (Wildman–Crippen LogP) is 11.9. The summed E-state index contributed by atoms with van der Waals surface area (Å²) in [6.45, 7) is 3.45. The van der Waals surface area contributed by atoms with Gasteiger partial charge in [0.2, 0.25) is 0 Å². The molecule has 1 saturated heterocycles. The van der Waals surface area contributed by atoms with Crippen molar-refractivity contribution in [2.45, 2.75) is 282 Å². The Bertz CT molecular complexity index is 1010. The Balaban J connectivity index is 2.24. The molecule has 0 aromatic heterocycles. The molecule has 1 aliphatic heterocycles. The van der Waals surface area contributed by atoms with Crippen molar-refractivity contribution >= 4 is 11.9 Å².